The minimum absolute atomic E-state index is 0.185. The lowest BCUT2D eigenvalue weighted by atomic mass is 10.1. The molecule has 1 heterocycles. The molecule has 1 aromatic rings. The molecule has 2 N–H and O–H groups in total. The molecule has 1 unspecified atom stereocenters. The predicted molar refractivity (Wildman–Crippen MR) is 74.3 cm³/mol. The van der Waals surface area contributed by atoms with Gasteiger partial charge in [-0.05, 0) is 26.2 Å². The monoisotopic (exact) mass is 267 g/mol. The summed E-state index contributed by atoms with van der Waals surface area (Å²) < 4.78 is 5.51. The Labute approximate surface area is 113 Å². The van der Waals surface area contributed by atoms with Crippen LogP contribution in [0.5, 0.6) is 0 Å². The predicted octanol–water partition coefficient (Wildman–Crippen LogP) is 2.01. The van der Waals surface area contributed by atoms with E-state index in [0.29, 0.717) is 0 Å². The fourth-order valence-corrected chi connectivity index (χ4v) is 2.03. The van der Waals surface area contributed by atoms with Crippen molar-refractivity contribution in [1.29, 1.82) is 0 Å². The first-order valence-electron chi connectivity index (χ1n) is 6.31. The smallest absolute Gasteiger partial charge is 0.117 e. The molecule has 0 fully saturated rings. The van der Waals surface area contributed by atoms with Crippen LogP contribution in [0.4, 0.5) is 0 Å². The highest BCUT2D eigenvalue weighted by Crippen LogP contribution is 2.07. The van der Waals surface area contributed by atoms with Crippen molar-refractivity contribution in [3.8, 4) is 11.8 Å². The average molecular weight is 267 g/mol. The van der Waals surface area contributed by atoms with Crippen LogP contribution in [0.3, 0.4) is 0 Å². The third-order valence-corrected chi connectivity index (χ3v) is 3.29. The molecule has 0 aliphatic rings. The summed E-state index contributed by atoms with van der Waals surface area (Å²) in [6.07, 6.45) is 4.68. The topological polar surface area (TPSA) is 61.0 Å². The fraction of sp³-hybridized carbons (Fsp3) is 0.692. The van der Waals surface area contributed by atoms with Gasteiger partial charge in [0.25, 0.3) is 0 Å². The van der Waals surface area contributed by atoms with E-state index in [1.54, 1.807) is 16.8 Å². The lowest BCUT2D eigenvalue weighted by Gasteiger charge is -2.10. The summed E-state index contributed by atoms with van der Waals surface area (Å²) in [5.41, 5.74) is 7.76. The van der Waals surface area contributed by atoms with Gasteiger partial charge in [-0.1, -0.05) is 0 Å². The molecule has 1 rings (SSSR count). The first kappa shape index (κ1) is 15.1. The molecular weight excluding hydrogens is 246 g/mol. The quantitative estimate of drug-likeness (QED) is 0.549. The first-order valence-corrected chi connectivity index (χ1v) is 7.19. The van der Waals surface area contributed by atoms with E-state index in [-0.39, 0.29) is 6.04 Å². The fourth-order valence-electron chi connectivity index (χ4n) is 1.48. The number of hydrogen-bond donors (Lipinski definition) is 1. The SMILES string of the molecule is CC#CCCCOCCC(N)CCc1nncs1. The van der Waals surface area contributed by atoms with Crippen molar-refractivity contribution in [2.45, 2.75) is 45.1 Å². The van der Waals surface area contributed by atoms with E-state index in [1.807, 2.05) is 6.92 Å². The van der Waals surface area contributed by atoms with Gasteiger partial charge in [-0.3, -0.25) is 0 Å². The van der Waals surface area contributed by atoms with Crippen LogP contribution in [0.25, 0.3) is 0 Å². The van der Waals surface area contributed by atoms with Gasteiger partial charge >= 0.3 is 0 Å². The van der Waals surface area contributed by atoms with Crippen molar-refractivity contribution < 1.29 is 4.74 Å². The molecule has 1 atom stereocenters. The summed E-state index contributed by atoms with van der Waals surface area (Å²) in [7, 11) is 0. The van der Waals surface area contributed by atoms with Crippen LogP contribution in [0.2, 0.25) is 0 Å². The molecule has 5 heteroatoms. The molecule has 4 nitrogen and oxygen atoms in total. The van der Waals surface area contributed by atoms with Gasteiger partial charge in [-0.25, -0.2) is 0 Å². The second kappa shape index (κ2) is 10.0. The molecule has 0 radical (unpaired) electrons. The van der Waals surface area contributed by atoms with Crippen LogP contribution in [0.15, 0.2) is 5.51 Å². The zero-order valence-corrected chi connectivity index (χ0v) is 11.7. The van der Waals surface area contributed by atoms with E-state index in [0.717, 1.165) is 50.3 Å². The zero-order chi connectivity index (χ0) is 13.1. The Hall–Kier alpha value is -0.960. The molecule has 0 spiro atoms. The van der Waals surface area contributed by atoms with Crippen LogP contribution >= 0.6 is 11.3 Å². The molecule has 1 aromatic heterocycles. The normalized spacial score (nSPS) is 11.9. The van der Waals surface area contributed by atoms with E-state index in [4.69, 9.17) is 10.5 Å². The number of aryl methyl sites for hydroxylation is 1. The lowest BCUT2D eigenvalue weighted by Crippen LogP contribution is -2.22. The summed E-state index contributed by atoms with van der Waals surface area (Å²) in [6.45, 7) is 3.37. The van der Waals surface area contributed by atoms with Crippen molar-refractivity contribution in [3.63, 3.8) is 0 Å². The third-order valence-electron chi connectivity index (χ3n) is 2.53. The van der Waals surface area contributed by atoms with Gasteiger partial charge in [0.05, 0.1) is 0 Å². The number of aromatic nitrogens is 2. The highest BCUT2D eigenvalue weighted by atomic mass is 32.1. The minimum atomic E-state index is 0.185. The van der Waals surface area contributed by atoms with Gasteiger partial charge in [0.15, 0.2) is 0 Å². The lowest BCUT2D eigenvalue weighted by molar-refractivity contribution is 0.125. The Bertz CT molecular complexity index is 356. The van der Waals surface area contributed by atoms with Crippen molar-refractivity contribution in [3.05, 3.63) is 10.5 Å². The summed E-state index contributed by atoms with van der Waals surface area (Å²) in [4.78, 5) is 0. The Morgan fingerprint density at radius 1 is 1.44 bits per heavy atom. The Morgan fingerprint density at radius 3 is 3.06 bits per heavy atom. The van der Waals surface area contributed by atoms with Crippen LogP contribution in [-0.4, -0.2) is 29.5 Å². The maximum Gasteiger partial charge on any atom is 0.117 e. The molecule has 0 bridgehead atoms. The number of nitrogens with zero attached hydrogens (tertiary/aromatic N) is 2. The van der Waals surface area contributed by atoms with Gasteiger partial charge in [0.2, 0.25) is 0 Å². The summed E-state index contributed by atoms with van der Waals surface area (Å²) in [5, 5.41) is 8.86. The maximum absolute atomic E-state index is 6.01. The van der Waals surface area contributed by atoms with Gasteiger partial charge in [0, 0.05) is 32.1 Å². The molecule has 0 amide bonds. The van der Waals surface area contributed by atoms with Gasteiger partial charge in [-0.15, -0.1) is 33.4 Å². The van der Waals surface area contributed by atoms with E-state index in [2.05, 4.69) is 22.0 Å². The van der Waals surface area contributed by atoms with E-state index >= 15 is 0 Å². The van der Waals surface area contributed by atoms with Gasteiger partial charge in [-0.2, -0.15) is 0 Å². The molecule has 0 saturated heterocycles. The Morgan fingerprint density at radius 2 is 2.33 bits per heavy atom. The highest BCUT2D eigenvalue weighted by Gasteiger charge is 2.04. The summed E-state index contributed by atoms with van der Waals surface area (Å²) in [5.74, 6) is 5.89. The molecular formula is C13H21N3OS. The Kier molecular flexibility index (Phi) is 8.40. The van der Waals surface area contributed by atoms with Crippen LogP contribution in [0.1, 0.15) is 37.6 Å². The van der Waals surface area contributed by atoms with Crippen molar-refractivity contribution in [2.75, 3.05) is 13.2 Å². The van der Waals surface area contributed by atoms with E-state index < -0.39 is 0 Å². The second-order valence-electron chi connectivity index (χ2n) is 4.06. The standard InChI is InChI=1S/C13H21N3OS/c1-2-3-4-5-9-17-10-8-12(14)6-7-13-16-15-11-18-13/h11-12H,4-10,14H2,1H3. The number of nitrogens with two attached hydrogens (primary N) is 1. The number of ether oxygens (including phenoxy) is 1. The van der Waals surface area contributed by atoms with E-state index in [9.17, 15) is 0 Å². The van der Waals surface area contributed by atoms with Crippen LogP contribution < -0.4 is 5.73 Å². The molecule has 0 aliphatic carbocycles. The van der Waals surface area contributed by atoms with Crippen molar-refractivity contribution in [2.24, 2.45) is 5.73 Å². The second-order valence-corrected chi connectivity index (χ2v) is 4.98. The number of unbranched alkanes of at least 4 members (excludes halogenated alkanes) is 1. The van der Waals surface area contributed by atoms with Gasteiger partial charge < -0.3 is 10.5 Å². The molecule has 0 aliphatic heterocycles. The molecule has 18 heavy (non-hydrogen) atoms. The first-order chi connectivity index (χ1) is 8.83. The summed E-state index contributed by atoms with van der Waals surface area (Å²) in [6, 6.07) is 0.185. The summed E-state index contributed by atoms with van der Waals surface area (Å²) >= 11 is 1.58. The number of hydrogen-bond acceptors (Lipinski definition) is 5. The zero-order valence-electron chi connectivity index (χ0n) is 10.9. The van der Waals surface area contributed by atoms with Crippen LogP contribution in [0, 0.1) is 11.8 Å². The largest absolute Gasteiger partial charge is 0.381 e. The molecule has 0 aromatic carbocycles. The van der Waals surface area contributed by atoms with Crippen molar-refractivity contribution >= 4 is 11.3 Å². The van der Waals surface area contributed by atoms with Gasteiger partial charge in [0.1, 0.15) is 10.5 Å². The maximum atomic E-state index is 6.01. The molecule has 100 valence electrons. The van der Waals surface area contributed by atoms with E-state index in [1.165, 1.54) is 0 Å². The third kappa shape index (κ3) is 7.38. The minimum Gasteiger partial charge on any atom is -0.381 e. The highest BCUT2D eigenvalue weighted by molar-refractivity contribution is 7.09. The Balaban J connectivity index is 1.93. The van der Waals surface area contributed by atoms with Crippen molar-refractivity contribution in [1.82, 2.24) is 10.2 Å². The van der Waals surface area contributed by atoms with Crippen LogP contribution in [-0.2, 0) is 11.2 Å². The number of rotatable bonds is 9. The average Bonchev–Trinajstić information content (AvgIpc) is 2.88. The molecule has 0 saturated carbocycles.